The number of unbranched alkanes of at least 4 members (excludes halogenated alkanes) is 1. The molecule has 0 bridgehead atoms. The van der Waals surface area contributed by atoms with Gasteiger partial charge in [0, 0.05) is 0 Å². The molecule has 5 N–H and O–H groups in total. The maximum atomic E-state index is 5.14. The zero-order chi connectivity index (χ0) is 6.12. The van der Waals surface area contributed by atoms with Gasteiger partial charge >= 0.3 is 0 Å². The van der Waals surface area contributed by atoms with E-state index in [2.05, 4.69) is 12.7 Å². The van der Waals surface area contributed by atoms with Crippen LogP contribution < -0.4 is 11.5 Å². The number of hydrogen-bond acceptors (Lipinski definition) is 1. The first-order valence-corrected chi connectivity index (χ1v) is 2.82. The number of rotatable bonds is 2. The normalized spacial score (nSPS) is 6.86. The molecule has 7 heavy (non-hydrogen) atoms. The van der Waals surface area contributed by atoms with Crippen molar-refractivity contribution in [2.24, 2.45) is 5.73 Å². The lowest BCUT2D eigenvalue weighted by molar-refractivity contribution is -0.325. The highest BCUT2D eigenvalue weighted by Crippen LogP contribution is 1.77. The van der Waals surface area contributed by atoms with Crippen LogP contribution in [0.2, 0.25) is 0 Å². The molecule has 0 saturated carbocycles. The Hall–Kier alpha value is -0.0800. The Kier molecular flexibility index (Phi) is 24.1. The average Bonchev–Trinajstić information content (AvgIpc) is 1.75. The summed E-state index contributed by atoms with van der Waals surface area (Å²) in [7, 11) is 1.75. The largest absolute Gasteiger partial charge is 0.360 e. The molecular weight excluding hydrogens is 88.1 g/mol. The molecule has 0 aliphatic heterocycles. The Morgan fingerprint density at radius 3 is 1.86 bits per heavy atom. The lowest BCUT2D eigenvalue weighted by atomic mass is 10.3. The third-order valence-electron chi connectivity index (χ3n) is 0.558. The van der Waals surface area contributed by atoms with Crippen LogP contribution in [0.3, 0.4) is 0 Å². The molecule has 0 rings (SSSR count). The lowest BCUT2D eigenvalue weighted by Gasteiger charge is -1.80. The summed E-state index contributed by atoms with van der Waals surface area (Å²) in [6.07, 6.45) is 2.39. The van der Waals surface area contributed by atoms with Gasteiger partial charge in [-0.1, -0.05) is 13.3 Å². The molecular formula is C5H17N2+. The Bertz CT molecular complexity index is 13.6. The van der Waals surface area contributed by atoms with E-state index in [4.69, 9.17) is 5.73 Å². The van der Waals surface area contributed by atoms with E-state index in [-0.39, 0.29) is 0 Å². The van der Waals surface area contributed by atoms with Crippen molar-refractivity contribution in [3.8, 4) is 0 Å². The zero-order valence-corrected chi connectivity index (χ0v) is 5.41. The summed E-state index contributed by atoms with van der Waals surface area (Å²) in [6, 6.07) is 0. The first-order valence-electron chi connectivity index (χ1n) is 2.82. The molecule has 2 nitrogen and oxygen atoms in total. The molecule has 2 heteroatoms. The van der Waals surface area contributed by atoms with Crippen LogP contribution in [-0.4, -0.2) is 13.6 Å². The van der Waals surface area contributed by atoms with Gasteiger partial charge in [0.25, 0.3) is 0 Å². The van der Waals surface area contributed by atoms with Gasteiger partial charge < -0.3 is 11.5 Å². The van der Waals surface area contributed by atoms with E-state index in [0.717, 1.165) is 6.54 Å². The van der Waals surface area contributed by atoms with Crippen LogP contribution in [0, 0.1) is 0 Å². The second-order valence-corrected chi connectivity index (χ2v) is 1.14. The van der Waals surface area contributed by atoms with Crippen LogP contribution in [0.5, 0.6) is 0 Å². The summed E-state index contributed by atoms with van der Waals surface area (Å²) in [5.41, 5.74) is 8.39. The fraction of sp³-hybridized carbons (Fsp3) is 1.00. The molecule has 46 valence electrons. The molecule has 0 spiro atoms. The first kappa shape index (κ1) is 10.0. The van der Waals surface area contributed by atoms with Crippen molar-refractivity contribution in [3.05, 3.63) is 0 Å². The third kappa shape index (κ3) is 24.7. The summed E-state index contributed by atoms with van der Waals surface area (Å²) in [4.78, 5) is 0. The summed E-state index contributed by atoms with van der Waals surface area (Å²) in [5, 5.41) is 0. The van der Waals surface area contributed by atoms with Gasteiger partial charge in [0.05, 0.1) is 7.05 Å². The van der Waals surface area contributed by atoms with Crippen LogP contribution >= 0.6 is 0 Å². The highest BCUT2D eigenvalue weighted by Gasteiger charge is 1.67. The van der Waals surface area contributed by atoms with Gasteiger partial charge in [-0.25, -0.2) is 0 Å². The monoisotopic (exact) mass is 105 g/mol. The molecule has 0 aliphatic carbocycles. The number of quaternary nitrogens is 1. The van der Waals surface area contributed by atoms with Gasteiger partial charge in [0.2, 0.25) is 0 Å². The molecule has 0 amide bonds. The zero-order valence-electron chi connectivity index (χ0n) is 5.41. The minimum atomic E-state index is 0.844. The van der Waals surface area contributed by atoms with Crippen LogP contribution in [0.4, 0.5) is 0 Å². The third-order valence-corrected chi connectivity index (χ3v) is 0.558. The van der Waals surface area contributed by atoms with Crippen LogP contribution in [0.15, 0.2) is 0 Å². The standard InChI is InChI=1S/C4H11N.CH5N/c1-2-3-4-5;1-2/h2-5H2,1H3;2H2,1H3/p+1. The van der Waals surface area contributed by atoms with Gasteiger partial charge in [0.15, 0.2) is 0 Å². The SMILES string of the molecule is CCCCN.C[NH3+]. The predicted molar refractivity (Wildman–Crippen MR) is 32.8 cm³/mol. The maximum absolute atomic E-state index is 5.14. The van der Waals surface area contributed by atoms with Gasteiger partial charge in [-0.3, -0.25) is 0 Å². The van der Waals surface area contributed by atoms with Crippen molar-refractivity contribution in [2.75, 3.05) is 13.6 Å². The Morgan fingerprint density at radius 2 is 1.86 bits per heavy atom. The maximum Gasteiger partial charge on any atom is 0.0634 e. The lowest BCUT2D eigenvalue weighted by Crippen LogP contribution is -2.40. The van der Waals surface area contributed by atoms with Crippen molar-refractivity contribution < 1.29 is 5.73 Å². The molecule has 0 saturated heterocycles. The second-order valence-electron chi connectivity index (χ2n) is 1.14. The van der Waals surface area contributed by atoms with E-state index in [9.17, 15) is 0 Å². The van der Waals surface area contributed by atoms with E-state index < -0.39 is 0 Å². The van der Waals surface area contributed by atoms with Crippen molar-refractivity contribution in [3.63, 3.8) is 0 Å². The van der Waals surface area contributed by atoms with E-state index >= 15 is 0 Å². The molecule has 0 atom stereocenters. The van der Waals surface area contributed by atoms with Crippen LogP contribution in [0.25, 0.3) is 0 Å². The molecule has 0 unspecified atom stereocenters. The molecule has 0 radical (unpaired) electrons. The van der Waals surface area contributed by atoms with Crippen LogP contribution in [0.1, 0.15) is 19.8 Å². The summed E-state index contributed by atoms with van der Waals surface area (Å²) < 4.78 is 0. The summed E-state index contributed by atoms with van der Waals surface area (Å²) >= 11 is 0. The fourth-order valence-electron chi connectivity index (χ4n) is 0.204. The Balaban J connectivity index is 0. The Morgan fingerprint density at radius 1 is 1.43 bits per heavy atom. The Labute approximate surface area is 45.9 Å². The topological polar surface area (TPSA) is 53.7 Å². The van der Waals surface area contributed by atoms with Crippen LogP contribution in [-0.2, 0) is 0 Å². The molecule has 0 heterocycles. The second kappa shape index (κ2) is 16.8. The molecule has 0 aromatic rings. The molecule has 0 aromatic heterocycles. The van der Waals surface area contributed by atoms with Crippen molar-refractivity contribution in [1.29, 1.82) is 0 Å². The minimum absolute atomic E-state index is 0.844. The van der Waals surface area contributed by atoms with E-state index in [1.807, 2.05) is 0 Å². The van der Waals surface area contributed by atoms with Gasteiger partial charge in [0.1, 0.15) is 0 Å². The van der Waals surface area contributed by atoms with Gasteiger partial charge in [-0.05, 0) is 13.0 Å². The number of hydrogen-bond donors (Lipinski definition) is 2. The molecule has 0 aromatic carbocycles. The number of nitrogens with two attached hydrogens (primary N) is 1. The van der Waals surface area contributed by atoms with Crippen molar-refractivity contribution in [2.45, 2.75) is 19.8 Å². The van der Waals surface area contributed by atoms with E-state index in [1.54, 1.807) is 7.05 Å². The molecule has 0 fully saturated rings. The fourth-order valence-corrected chi connectivity index (χ4v) is 0.204. The summed E-state index contributed by atoms with van der Waals surface area (Å²) in [6.45, 7) is 2.98. The molecule has 0 aliphatic rings. The highest BCUT2D eigenvalue weighted by atomic mass is 14.5. The highest BCUT2D eigenvalue weighted by molar-refractivity contribution is 4.29. The predicted octanol–water partition coefficient (Wildman–Crippen LogP) is -0.397. The summed E-state index contributed by atoms with van der Waals surface area (Å²) in [5.74, 6) is 0. The quantitative estimate of drug-likeness (QED) is 0.493. The average molecular weight is 105 g/mol. The minimum Gasteiger partial charge on any atom is -0.360 e. The van der Waals surface area contributed by atoms with Crippen molar-refractivity contribution in [1.82, 2.24) is 0 Å². The van der Waals surface area contributed by atoms with Crippen molar-refractivity contribution >= 4 is 0 Å². The van der Waals surface area contributed by atoms with E-state index in [1.165, 1.54) is 12.8 Å². The first-order chi connectivity index (χ1) is 3.41. The smallest absolute Gasteiger partial charge is 0.0634 e. The van der Waals surface area contributed by atoms with Gasteiger partial charge in [-0.15, -0.1) is 0 Å². The van der Waals surface area contributed by atoms with Gasteiger partial charge in [-0.2, -0.15) is 0 Å². The van der Waals surface area contributed by atoms with E-state index in [0.29, 0.717) is 0 Å².